The minimum atomic E-state index is -0.413. The SMILES string of the molecule is Cl.NC(=O)C=Cc1cc2c(N3CCN(CCc4ccccc4)CC3)cccc2s1.O. The predicted octanol–water partition coefficient (Wildman–Crippen LogP) is 3.36. The number of benzene rings is 2. The van der Waals surface area contributed by atoms with Gasteiger partial charge in [0.2, 0.25) is 5.91 Å². The highest BCUT2D eigenvalue weighted by Gasteiger charge is 2.19. The summed E-state index contributed by atoms with van der Waals surface area (Å²) < 4.78 is 1.24. The van der Waals surface area contributed by atoms with Crippen LogP contribution >= 0.6 is 23.7 Å². The number of thiophene rings is 1. The van der Waals surface area contributed by atoms with E-state index in [1.165, 1.54) is 27.4 Å². The van der Waals surface area contributed by atoms with E-state index in [2.05, 4.69) is 64.4 Å². The molecule has 0 unspecified atom stereocenters. The highest BCUT2D eigenvalue weighted by atomic mass is 35.5. The second kappa shape index (κ2) is 11.1. The molecule has 2 heterocycles. The maximum Gasteiger partial charge on any atom is 0.241 e. The van der Waals surface area contributed by atoms with E-state index in [1.807, 2.05) is 0 Å². The molecule has 1 aromatic heterocycles. The van der Waals surface area contributed by atoms with Gasteiger partial charge in [-0.25, -0.2) is 0 Å². The Morgan fingerprint density at radius 2 is 1.77 bits per heavy atom. The summed E-state index contributed by atoms with van der Waals surface area (Å²) in [5.74, 6) is -0.413. The van der Waals surface area contributed by atoms with Crippen molar-refractivity contribution < 1.29 is 10.3 Å². The van der Waals surface area contributed by atoms with Gasteiger partial charge >= 0.3 is 0 Å². The Bertz CT molecular complexity index is 983. The molecule has 0 atom stereocenters. The van der Waals surface area contributed by atoms with Crippen LogP contribution in [0.25, 0.3) is 16.2 Å². The van der Waals surface area contributed by atoms with Crippen molar-refractivity contribution in [1.82, 2.24) is 4.90 Å². The average molecular weight is 446 g/mol. The molecule has 4 N–H and O–H groups in total. The lowest BCUT2D eigenvalue weighted by atomic mass is 10.1. The van der Waals surface area contributed by atoms with Crippen LogP contribution in [0.5, 0.6) is 0 Å². The van der Waals surface area contributed by atoms with Crippen LogP contribution in [0.15, 0.2) is 60.7 Å². The van der Waals surface area contributed by atoms with Crippen molar-refractivity contribution in [2.45, 2.75) is 6.42 Å². The van der Waals surface area contributed by atoms with E-state index < -0.39 is 5.91 Å². The molecule has 160 valence electrons. The molecule has 1 aliphatic heterocycles. The van der Waals surface area contributed by atoms with E-state index in [0.29, 0.717) is 0 Å². The fourth-order valence-corrected chi connectivity index (χ4v) is 4.72. The third-order valence-electron chi connectivity index (χ3n) is 5.24. The first-order valence-corrected chi connectivity index (χ1v) is 10.5. The van der Waals surface area contributed by atoms with Crippen LogP contribution in [-0.4, -0.2) is 49.0 Å². The second-order valence-corrected chi connectivity index (χ2v) is 8.25. The lowest BCUT2D eigenvalue weighted by Gasteiger charge is -2.36. The number of carbonyl (C=O) groups is 1. The maximum absolute atomic E-state index is 11.0. The van der Waals surface area contributed by atoms with Gasteiger partial charge in [0.15, 0.2) is 0 Å². The zero-order valence-corrected chi connectivity index (χ0v) is 18.4. The van der Waals surface area contributed by atoms with Crippen LogP contribution in [-0.2, 0) is 11.2 Å². The number of rotatable bonds is 6. The van der Waals surface area contributed by atoms with Crippen LogP contribution < -0.4 is 10.6 Å². The van der Waals surface area contributed by atoms with Gasteiger partial charge in [-0.2, -0.15) is 0 Å². The molecule has 1 fully saturated rings. The Morgan fingerprint density at radius 1 is 1.03 bits per heavy atom. The lowest BCUT2D eigenvalue weighted by molar-refractivity contribution is -0.113. The van der Waals surface area contributed by atoms with E-state index in [1.54, 1.807) is 17.4 Å². The number of halogens is 1. The van der Waals surface area contributed by atoms with Gasteiger partial charge < -0.3 is 16.1 Å². The Kier molecular flexibility index (Phi) is 8.87. The molecule has 1 saturated heterocycles. The molecule has 3 aromatic rings. The van der Waals surface area contributed by atoms with Gasteiger partial charge in [-0.1, -0.05) is 36.4 Å². The number of nitrogens with two attached hydrogens (primary N) is 1. The molecule has 1 amide bonds. The molecule has 0 radical (unpaired) electrons. The Hall–Kier alpha value is -2.38. The lowest BCUT2D eigenvalue weighted by Crippen LogP contribution is -2.47. The van der Waals surface area contributed by atoms with E-state index in [9.17, 15) is 4.79 Å². The zero-order chi connectivity index (χ0) is 19.3. The van der Waals surface area contributed by atoms with E-state index >= 15 is 0 Å². The fraction of sp³-hybridized carbons (Fsp3) is 0.261. The average Bonchev–Trinajstić information content (AvgIpc) is 3.15. The Labute approximate surface area is 187 Å². The number of piperazine rings is 1. The number of fused-ring (bicyclic) bond motifs is 1. The summed E-state index contributed by atoms with van der Waals surface area (Å²) in [5, 5.41) is 1.26. The number of amides is 1. The third kappa shape index (κ3) is 5.83. The predicted molar refractivity (Wildman–Crippen MR) is 130 cm³/mol. The summed E-state index contributed by atoms with van der Waals surface area (Å²) in [7, 11) is 0. The molecular weight excluding hydrogens is 418 g/mol. The van der Waals surface area contributed by atoms with E-state index in [-0.39, 0.29) is 17.9 Å². The van der Waals surface area contributed by atoms with Gasteiger partial charge in [0.05, 0.1) is 0 Å². The van der Waals surface area contributed by atoms with Gasteiger partial charge in [-0.3, -0.25) is 9.69 Å². The van der Waals surface area contributed by atoms with Crippen molar-refractivity contribution in [2.75, 3.05) is 37.6 Å². The number of hydrogen-bond donors (Lipinski definition) is 1. The quantitative estimate of drug-likeness (QED) is 0.590. The maximum atomic E-state index is 11.0. The Balaban J connectivity index is 0.00000160. The number of primary amides is 1. The van der Waals surface area contributed by atoms with Crippen molar-refractivity contribution in [3.05, 3.63) is 71.1 Å². The number of anilines is 1. The smallest absolute Gasteiger partial charge is 0.241 e. The first-order chi connectivity index (χ1) is 13.7. The first kappa shape index (κ1) is 23.9. The number of carbonyl (C=O) groups excluding carboxylic acids is 1. The molecule has 0 bridgehead atoms. The monoisotopic (exact) mass is 445 g/mol. The molecule has 2 aromatic carbocycles. The molecular formula is C23H28ClN3O2S. The van der Waals surface area contributed by atoms with Crippen LogP contribution in [0, 0.1) is 0 Å². The minimum Gasteiger partial charge on any atom is -0.412 e. The van der Waals surface area contributed by atoms with E-state index in [4.69, 9.17) is 5.73 Å². The third-order valence-corrected chi connectivity index (χ3v) is 6.31. The van der Waals surface area contributed by atoms with Crippen molar-refractivity contribution in [3.8, 4) is 0 Å². The summed E-state index contributed by atoms with van der Waals surface area (Å²) in [6.45, 7) is 5.36. The second-order valence-electron chi connectivity index (χ2n) is 7.14. The summed E-state index contributed by atoms with van der Waals surface area (Å²) in [6, 6.07) is 19.3. The van der Waals surface area contributed by atoms with Crippen LogP contribution in [0.4, 0.5) is 5.69 Å². The number of hydrogen-bond acceptors (Lipinski definition) is 4. The molecule has 7 heteroatoms. The minimum absolute atomic E-state index is 0. The van der Waals surface area contributed by atoms with Crippen molar-refractivity contribution >= 4 is 51.5 Å². The van der Waals surface area contributed by atoms with Gasteiger partial charge in [-0.05, 0) is 36.3 Å². The highest BCUT2D eigenvalue weighted by molar-refractivity contribution is 7.20. The normalized spacial score (nSPS) is 14.5. The summed E-state index contributed by atoms with van der Waals surface area (Å²) >= 11 is 1.69. The van der Waals surface area contributed by atoms with Gasteiger partial charge in [-0.15, -0.1) is 23.7 Å². The zero-order valence-electron chi connectivity index (χ0n) is 16.8. The standard InChI is InChI=1S/C23H25N3OS.ClH.H2O/c24-23(27)10-9-19-17-20-21(7-4-8-22(20)28-19)26-15-13-25(14-16-26)12-11-18-5-2-1-3-6-18;;/h1-10,17H,11-16H2,(H2,24,27);1H;1H2. The van der Waals surface area contributed by atoms with Gasteiger partial charge in [0, 0.05) is 59.5 Å². The number of nitrogens with zero attached hydrogens (tertiary/aromatic N) is 2. The highest BCUT2D eigenvalue weighted by Crippen LogP contribution is 2.34. The Morgan fingerprint density at radius 3 is 2.47 bits per heavy atom. The molecule has 30 heavy (non-hydrogen) atoms. The topological polar surface area (TPSA) is 81.1 Å². The summed E-state index contributed by atoms with van der Waals surface area (Å²) in [5.41, 5.74) is 7.92. The molecule has 0 aliphatic carbocycles. The van der Waals surface area contributed by atoms with Gasteiger partial charge in [0.25, 0.3) is 0 Å². The van der Waals surface area contributed by atoms with Crippen LogP contribution in [0.3, 0.4) is 0 Å². The largest absolute Gasteiger partial charge is 0.412 e. The van der Waals surface area contributed by atoms with Crippen molar-refractivity contribution in [2.24, 2.45) is 5.73 Å². The van der Waals surface area contributed by atoms with E-state index in [0.717, 1.165) is 44.0 Å². The summed E-state index contributed by atoms with van der Waals surface area (Å²) in [4.78, 5) is 17.1. The fourth-order valence-electron chi connectivity index (χ4n) is 3.73. The molecule has 0 saturated carbocycles. The van der Waals surface area contributed by atoms with Crippen molar-refractivity contribution in [3.63, 3.8) is 0 Å². The van der Waals surface area contributed by atoms with Crippen molar-refractivity contribution in [1.29, 1.82) is 0 Å². The molecule has 1 aliphatic rings. The molecule has 4 rings (SSSR count). The summed E-state index contributed by atoms with van der Waals surface area (Å²) in [6.07, 6.45) is 4.34. The molecule has 5 nitrogen and oxygen atoms in total. The van der Waals surface area contributed by atoms with Crippen LogP contribution in [0.2, 0.25) is 0 Å². The first-order valence-electron chi connectivity index (χ1n) is 9.70. The van der Waals surface area contributed by atoms with Gasteiger partial charge in [0.1, 0.15) is 0 Å². The van der Waals surface area contributed by atoms with Crippen LogP contribution in [0.1, 0.15) is 10.4 Å². The molecule has 0 spiro atoms.